The van der Waals surface area contributed by atoms with Crippen LogP contribution in [0.2, 0.25) is 0 Å². The van der Waals surface area contributed by atoms with Gasteiger partial charge in [0, 0.05) is 18.7 Å². The van der Waals surface area contributed by atoms with Crippen molar-refractivity contribution < 1.29 is 9.90 Å². The van der Waals surface area contributed by atoms with Gasteiger partial charge in [-0.25, -0.2) is 0 Å². The standard InChI is InChI=1S/C17H26N2O2/c1-13(2)10-11-19-17(21)9-8-16(20)15(18)12-14-6-4-3-5-7-14/h3-9,13,15-16,20H,10-12,18H2,1-2H3,(H,19,21). The Bertz CT molecular complexity index is 443. The topological polar surface area (TPSA) is 75.3 Å². The Balaban J connectivity index is 2.35. The lowest BCUT2D eigenvalue weighted by atomic mass is 10.0. The summed E-state index contributed by atoms with van der Waals surface area (Å²) in [6.07, 6.45) is 3.49. The van der Waals surface area contributed by atoms with Crippen LogP contribution < -0.4 is 11.1 Å². The Labute approximate surface area is 127 Å². The fourth-order valence-electron chi connectivity index (χ4n) is 1.88. The van der Waals surface area contributed by atoms with Gasteiger partial charge in [-0.3, -0.25) is 4.79 Å². The summed E-state index contributed by atoms with van der Waals surface area (Å²) in [5.41, 5.74) is 7.01. The van der Waals surface area contributed by atoms with Crippen LogP contribution in [0.5, 0.6) is 0 Å². The maximum Gasteiger partial charge on any atom is 0.243 e. The second kappa shape index (κ2) is 9.32. The summed E-state index contributed by atoms with van der Waals surface area (Å²) in [6, 6.07) is 9.32. The van der Waals surface area contributed by atoms with Crippen LogP contribution in [0.4, 0.5) is 0 Å². The van der Waals surface area contributed by atoms with Crippen LogP contribution in [0.15, 0.2) is 42.5 Å². The first-order chi connectivity index (χ1) is 9.99. The predicted molar refractivity (Wildman–Crippen MR) is 85.7 cm³/mol. The zero-order valence-corrected chi connectivity index (χ0v) is 12.8. The van der Waals surface area contributed by atoms with Crippen molar-refractivity contribution in [2.75, 3.05) is 6.54 Å². The molecule has 1 aromatic carbocycles. The summed E-state index contributed by atoms with van der Waals surface area (Å²) in [5, 5.41) is 12.7. The molecule has 4 heteroatoms. The Hall–Kier alpha value is -1.65. The van der Waals surface area contributed by atoms with E-state index in [1.807, 2.05) is 30.3 Å². The highest BCUT2D eigenvalue weighted by atomic mass is 16.3. The number of hydrogen-bond donors (Lipinski definition) is 3. The van der Waals surface area contributed by atoms with Crippen molar-refractivity contribution in [1.82, 2.24) is 5.32 Å². The maximum atomic E-state index is 11.6. The van der Waals surface area contributed by atoms with Gasteiger partial charge in [0.05, 0.1) is 6.10 Å². The Morgan fingerprint density at radius 2 is 2.00 bits per heavy atom. The van der Waals surface area contributed by atoms with Gasteiger partial charge in [0.15, 0.2) is 0 Å². The molecule has 1 rings (SSSR count). The molecular weight excluding hydrogens is 264 g/mol. The van der Waals surface area contributed by atoms with Crippen LogP contribution in [0, 0.1) is 5.92 Å². The van der Waals surface area contributed by atoms with Gasteiger partial charge in [-0.15, -0.1) is 0 Å². The van der Waals surface area contributed by atoms with Gasteiger partial charge in [0.1, 0.15) is 0 Å². The van der Waals surface area contributed by atoms with Crippen molar-refractivity contribution in [1.29, 1.82) is 0 Å². The molecule has 4 N–H and O–H groups in total. The Kier molecular flexibility index (Phi) is 7.72. The molecule has 0 radical (unpaired) electrons. The van der Waals surface area contributed by atoms with E-state index < -0.39 is 12.1 Å². The van der Waals surface area contributed by atoms with Crippen molar-refractivity contribution >= 4 is 5.91 Å². The summed E-state index contributed by atoms with van der Waals surface area (Å²) < 4.78 is 0. The number of aliphatic hydroxyl groups excluding tert-OH is 1. The lowest BCUT2D eigenvalue weighted by Gasteiger charge is -2.15. The van der Waals surface area contributed by atoms with Gasteiger partial charge in [0.25, 0.3) is 0 Å². The highest BCUT2D eigenvalue weighted by Gasteiger charge is 2.12. The molecule has 0 aliphatic rings. The van der Waals surface area contributed by atoms with E-state index >= 15 is 0 Å². The second-order valence-electron chi connectivity index (χ2n) is 5.68. The molecule has 0 aromatic heterocycles. The molecule has 0 aliphatic carbocycles. The third kappa shape index (κ3) is 7.63. The lowest BCUT2D eigenvalue weighted by molar-refractivity contribution is -0.116. The van der Waals surface area contributed by atoms with Crippen LogP contribution in [0.25, 0.3) is 0 Å². The number of hydrogen-bond acceptors (Lipinski definition) is 3. The van der Waals surface area contributed by atoms with E-state index in [0.29, 0.717) is 18.9 Å². The average molecular weight is 290 g/mol. The number of aliphatic hydroxyl groups is 1. The molecule has 2 atom stereocenters. The molecule has 21 heavy (non-hydrogen) atoms. The molecule has 1 amide bonds. The number of nitrogens with two attached hydrogens (primary N) is 1. The zero-order chi connectivity index (χ0) is 15.7. The summed E-state index contributed by atoms with van der Waals surface area (Å²) in [6.45, 7) is 4.86. The molecule has 0 spiro atoms. The Morgan fingerprint density at radius 3 is 2.62 bits per heavy atom. The van der Waals surface area contributed by atoms with Crippen LogP contribution in [0.1, 0.15) is 25.8 Å². The summed E-state index contributed by atoms with van der Waals surface area (Å²) in [7, 11) is 0. The molecule has 0 aliphatic heterocycles. The van der Waals surface area contributed by atoms with Crippen molar-refractivity contribution in [3.63, 3.8) is 0 Å². The molecule has 0 saturated carbocycles. The average Bonchev–Trinajstić information content (AvgIpc) is 2.45. The summed E-state index contributed by atoms with van der Waals surface area (Å²) in [4.78, 5) is 11.6. The van der Waals surface area contributed by atoms with Gasteiger partial charge in [-0.2, -0.15) is 0 Å². The monoisotopic (exact) mass is 290 g/mol. The van der Waals surface area contributed by atoms with Crippen LogP contribution >= 0.6 is 0 Å². The van der Waals surface area contributed by atoms with Gasteiger partial charge in [-0.1, -0.05) is 44.2 Å². The first-order valence-electron chi connectivity index (χ1n) is 7.42. The van der Waals surface area contributed by atoms with E-state index in [1.54, 1.807) is 0 Å². The molecule has 4 nitrogen and oxygen atoms in total. The number of amides is 1. The predicted octanol–water partition coefficient (Wildman–Crippen LogP) is 1.64. The minimum atomic E-state index is -0.832. The van der Waals surface area contributed by atoms with E-state index in [4.69, 9.17) is 5.73 Å². The first kappa shape index (κ1) is 17.4. The molecule has 0 fully saturated rings. The summed E-state index contributed by atoms with van der Waals surface area (Å²) >= 11 is 0. The number of nitrogens with one attached hydrogen (secondary N) is 1. The molecule has 0 saturated heterocycles. The second-order valence-corrected chi connectivity index (χ2v) is 5.68. The SMILES string of the molecule is CC(C)CCNC(=O)C=CC(O)C(N)Cc1ccccc1. The Morgan fingerprint density at radius 1 is 1.33 bits per heavy atom. The van der Waals surface area contributed by atoms with Crippen LogP contribution in [0.3, 0.4) is 0 Å². The van der Waals surface area contributed by atoms with E-state index in [9.17, 15) is 9.90 Å². The molecule has 0 bridgehead atoms. The number of carbonyl (C=O) groups is 1. The van der Waals surface area contributed by atoms with E-state index in [2.05, 4.69) is 19.2 Å². The molecule has 0 heterocycles. The van der Waals surface area contributed by atoms with Crippen LogP contribution in [-0.2, 0) is 11.2 Å². The smallest absolute Gasteiger partial charge is 0.243 e. The molecule has 116 valence electrons. The summed E-state index contributed by atoms with van der Waals surface area (Å²) in [5.74, 6) is 0.362. The lowest BCUT2D eigenvalue weighted by Crippen LogP contribution is -2.35. The molecule has 2 unspecified atom stereocenters. The van der Waals surface area contributed by atoms with Crippen molar-refractivity contribution in [3.05, 3.63) is 48.0 Å². The number of carbonyl (C=O) groups excluding carboxylic acids is 1. The van der Waals surface area contributed by atoms with Gasteiger partial charge >= 0.3 is 0 Å². The van der Waals surface area contributed by atoms with E-state index in [-0.39, 0.29) is 5.91 Å². The van der Waals surface area contributed by atoms with Crippen molar-refractivity contribution in [3.8, 4) is 0 Å². The third-order valence-electron chi connectivity index (χ3n) is 3.22. The highest BCUT2D eigenvalue weighted by Crippen LogP contribution is 2.05. The fraction of sp³-hybridized carbons (Fsp3) is 0.471. The van der Waals surface area contributed by atoms with Crippen molar-refractivity contribution in [2.45, 2.75) is 38.8 Å². The zero-order valence-electron chi connectivity index (χ0n) is 12.8. The van der Waals surface area contributed by atoms with Gasteiger partial charge in [0.2, 0.25) is 5.91 Å². The quantitative estimate of drug-likeness (QED) is 0.637. The third-order valence-corrected chi connectivity index (χ3v) is 3.22. The van der Waals surface area contributed by atoms with Crippen molar-refractivity contribution in [2.24, 2.45) is 11.7 Å². The molecular formula is C17H26N2O2. The maximum absolute atomic E-state index is 11.6. The minimum Gasteiger partial charge on any atom is -0.387 e. The number of rotatable bonds is 8. The van der Waals surface area contributed by atoms with Gasteiger partial charge < -0.3 is 16.2 Å². The first-order valence-corrected chi connectivity index (χ1v) is 7.42. The number of benzene rings is 1. The fourth-order valence-corrected chi connectivity index (χ4v) is 1.88. The normalized spacial score (nSPS) is 14.3. The molecule has 1 aromatic rings. The largest absolute Gasteiger partial charge is 0.387 e. The highest BCUT2D eigenvalue weighted by molar-refractivity contribution is 5.87. The van der Waals surface area contributed by atoms with Gasteiger partial charge in [-0.05, 0) is 30.4 Å². The van der Waals surface area contributed by atoms with E-state index in [1.165, 1.54) is 12.2 Å². The van der Waals surface area contributed by atoms with E-state index in [0.717, 1.165) is 12.0 Å². The van der Waals surface area contributed by atoms with Crippen LogP contribution in [-0.4, -0.2) is 29.7 Å². The minimum absolute atomic E-state index is 0.193.